The van der Waals surface area contributed by atoms with E-state index in [4.69, 9.17) is 0 Å². The molecule has 19 heavy (non-hydrogen) atoms. The largest absolute Gasteiger partial charge is 0.351 e. The van der Waals surface area contributed by atoms with Crippen LogP contribution in [0.15, 0.2) is 24.3 Å². The summed E-state index contributed by atoms with van der Waals surface area (Å²) in [5.74, 6) is -0.363. The average Bonchev–Trinajstić information content (AvgIpc) is 2.81. The molecular formula is C14H20ClFN2O. The molecule has 1 aromatic rings. The molecule has 0 bridgehead atoms. The first-order valence-corrected chi connectivity index (χ1v) is 6.28. The third kappa shape index (κ3) is 3.67. The SMILES string of the molecule is CC(C)(C(=O)NC1CCNC1)c1cccc(F)c1.Cl. The number of rotatable bonds is 3. The monoisotopic (exact) mass is 286 g/mol. The van der Waals surface area contributed by atoms with E-state index >= 15 is 0 Å². The molecule has 2 rings (SSSR count). The maximum Gasteiger partial charge on any atom is 0.230 e. The van der Waals surface area contributed by atoms with Gasteiger partial charge in [0.05, 0.1) is 5.41 Å². The number of amides is 1. The first-order chi connectivity index (χ1) is 8.50. The van der Waals surface area contributed by atoms with E-state index in [-0.39, 0.29) is 30.2 Å². The molecule has 2 N–H and O–H groups in total. The first kappa shape index (κ1) is 15.9. The van der Waals surface area contributed by atoms with Crippen molar-refractivity contribution in [3.05, 3.63) is 35.6 Å². The number of carbonyl (C=O) groups is 1. The molecule has 1 amide bonds. The summed E-state index contributed by atoms with van der Waals surface area (Å²) in [5, 5.41) is 6.22. The molecule has 1 aliphatic heterocycles. The van der Waals surface area contributed by atoms with Gasteiger partial charge in [0.15, 0.2) is 0 Å². The van der Waals surface area contributed by atoms with Crippen molar-refractivity contribution in [1.82, 2.24) is 10.6 Å². The van der Waals surface area contributed by atoms with Crippen LogP contribution >= 0.6 is 12.4 Å². The molecule has 1 atom stereocenters. The molecule has 5 heteroatoms. The lowest BCUT2D eigenvalue weighted by atomic mass is 9.83. The lowest BCUT2D eigenvalue weighted by Gasteiger charge is -2.26. The van der Waals surface area contributed by atoms with Crippen molar-refractivity contribution in [2.24, 2.45) is 0 Å². The van der Waals surface area contributed by atoms with Crippen molar-refractivity contribution in [3.8, 4) is 0 Å². The zero-order chi connectivity index (χ0) is 13.2. The van der Waals surface area contributed by atoms with E-state index < -0.39 is 5.41 Å². The molecule has 1 aliphatic rings. The minimum absolute atomic E-state index is 0. The summed E-state index contributed by atoms with van der Waals surface area (Å²) in [5.41, 5.74) is -0.0176. The van der Waals surface area contributed by atoms with E-state index in [1.807, 2.05) is 13.8 Å². The maximum atomic E-state index is 13.2. The molecule has 1 aromatic carbocycles. The minimum Gasteiger partial charge on any atom is -0.351 e. The summed E-state index contributed by atoms with van der Waals surface area (Å²) in [7, 11) is 0. The third-order valence-corrected chi connectivity index (χ3v) is 3.51. The Balaban J connectivity index is 0.00000180. The smallest absolute Gasteiger partial charge is 0.230 e. The maximum absolute atomic E-state index is 13.2. The predicted octanol–water partition coefficient (Wildman–Crippen LogP) is 2.00. The van der Waals surface area contributed by atoms with Gasteiger partial charge in [-0.05, 0) is 44.5 Å². The molecular weight excluding hydrogens is 267 g/mol. The van der Waals surface area contributed by atoms with E-state index in [9.17, 15) is 9.18 Å². The number of benzene rings is 1. The van der Waals surface area contributed by atoms with Gasteiger partial charge in [0.2, 0.25) is 5.91 Å². The normalized spacial score (nSPS) is 18.8. The second kappa shape index (κ2) is 6.35. The van der Waals surface area contributed by atoms with Gasteiger partial charge < -0.3 is 10.6 Å². The molecule has 1 unspecified atom stereocenters. The topological polar surface area (TPSA) is 41.1 Å². The molecule has 106 valence electrons. The number of hydrogen-bond donors (Lipinski definition) is 2. The van der Waals surface area contributed by atoms with Gasteiger partial charge >= 0.3 is 0 Å². The second-order valence-corrected chi connectivity index (χ2v) is 5.30. The van der Waals surface area contributed by atoms with Crippen LogP contribution in [0.4, 0.5) is 4.39 Å². The summed E-state index contributed by atoms with van der Waals surface area (Å²) < 4.78 is 13.2. The molecule has 0 radical (unpaired) electrons. The highest BCUT2D eigenvalue weighted by Crippen LogP contribution is 2.24. The van der Waals surface area contributed by atoms with Crippen LogP contribution in [-0.2, 0) is 10.2 Å². The van der Waals surface area contributed by atoms with Crippen molar-refractivity contribution in [3.63, 3.8) is 0 Å². The van der Waals surface area contributed by atoms with Crippen LogP contribution in [0.5, 0.6) is 0 Å². The Morgan fingerprint density at radius 2 is 2.21 bits per heavy atom. The quantitative estimate of drug-likeness (QED) is 0.892. The fourth-order valence-electron chi connectivity index (χ4n) is 2.15. The van der Waals surface area contributed by atoms with Gasteiger partial charge in [0, 0.05) is 12.6 Å². The van der Waals surface area contributed by atoms with Crippen LogP contribution in [0.1, 0.15) is 25.8 Å². The fraction of sp³-hybridized carbons (Fsp3) is 0.500. The molecule has 0 aliphatic carbocycles. The van der Waals surface area contributed by atoms with Crippen molar-refractivity contribution in [1.29, 1.82) is 0 Å². The van der Waals surface area contributed by atoms with E-state index in [1.54, 1.807) is 12.1 Å². The second-order valence-electron chi connectivity index (χ2n) is 5.30. The lowest BCUT2D eigenvalue weighted by Crippen LogP contribution is -2.45. The van der Waals surface area contributed by atoms with Crippen molar-refractivity contribution in [2.45, 2.75) is 31.7 Å². The van der Waals surface area contributed by atoms with Crippen molar-refractivity contribution in [2.75, 3.05) is 13.1 Å². The molecule has 0 spiro atoms. The molecule has 0 aromatic heterocycles. The standard InChI is InChI=1S/C14H19FN2O.ClH/c1-14(2,10-4-3-5-11(15)8-10)13(18)17-12-6-7-16-9-12;/h3-5,8,12,16H,6-7,9H2,1-2H3,(H,17,18);1H. The summed E-state index contributed by atoms with van der Waals surface area (Å²) in [6.07, 6.45) is 0.949. The van der Waals surface area contributed by atoms with Crippen LogP contribution < -0.4 is 10.6 Å². The number of carbonyl (C=O) groups excluding carboxylic acids is 1. The van der Waals surface area contributed by atoms with Gasteiger partial charge in [-0.25, -0.2) is 4.39 Å². The van der Waals surface area contributed by atoms with Gasteiger partial charge in [-0.3, -0.25) is 4.79 Å². The van der Waals surface area contributed by atoms with E-state index in [0.29, 0.717) is 5.56 Å². The number of halogens is 2. The highest BCUT2D eigenvalue weighted by molar-refractivity contribution is 5.87. The number of nitrogens with one attached hydrogen (secondary N) is 2. The van der Waals surface area contributed by atoms with Crippen LogP contribution in [-0.4, -0.2) is 25.0 Å². The van der Waals surface area contributed by atoms with E-state index in [2.05, 4.69) is 10.6 Å². The zero-order valence-corrected chi connectivity index (χ0v) is 12.0. The first-order valence-electron chi connectivity index (χ1n) is 6.28. The Morgan fingerprint density at radius 1 is 1.47 bits per heavy atom. The summed E-state index contributed by atoms with van der Waals surface area (Å²) in [6.45, 7) is 5.38. The summed E-state index contributed by atoms with van der Waals surface area (Å²) in [6, 6.07) is 6.42. The Labute approximate surface area is 119 Å². The van der Waals surface area contributed by atoms with E-state index in [1.165, 1.54) is 12.1 Å². The predicted molar refractivity (Wildman–Crippen MR) is 76.1 cm³/mol. The van der Waals surface area contributed by atoms with Crippen LogP contribution in [0, 0.1) is 5.82 Å². The number of hydrogen-bond acceptors (Lipinski definition) is 2. The van der Waals surface area contributed by atoms with Gasteiger partial charge in [-0.1, -0.05) is 12.1 Å². The molecule has 3 nitrogen and oxygen atoms in total. The van der Waals surface area contributed by atoms with Crippen molar-refractivity contribution < 1.29 is 9.18 Å². The Morgan fingerprint density at radius 3 is 2.79 bits per heavy atom. The minimum atomic E-state index is -0.718. The van der Waals surface area contributed by atoms with Gasteiger partial charge in [-0.2, -0.15) is 0 Å². The Bertz CT molecular complexity index is 445. The Hall–Kier alpha value is -1.13. The average molecular weight is 287 g/mol. The van der Waals surface area contributed by atoms with Crippen molar-refractivity contribution >= 4 is 18.3 Å². The molecule has 1 fully saturated rings. The van der Waals surface area contributed by atoms with Crippen LogP contribution in [0.25, 0.3) is 0 Å². The fourth-order valence-corrected chi connectivity index (χ4v) is 2.15. The molecule has 0 saturated carbocycles. The van der Waals surface area contributed by atoms with Gasteiger partial charge in [0.25, 0.3) is 0 Å². The lowest BCUT2D eigenvalue weighted by molar-refractivity contribution is -0.126. The van der Waals surface area contributed by atoms with Crippen LogP contribution in [0.3, 0.4) is 0 Å². The summed E-state index contributed by atoms with van der Waals surface area (Å²) in [4.78, 5) is 12.3. The zero-order valence-electron chi connectivity index (χ0n) is 11.2. The van der Waals surface area contributed by atoms with Gasteiger partial charge in [0.1, 0.15) is 5.82 Å². The van der Waals surface area contributed by atoms with Gasteiger partial charge in [-0.15, -0.1) is 12.4 Å². The van der Waals surface area contributed by atoms with E-state index in [0.717, 1.165) is 19.5 Å². The third-order valence-electron chi connectivity index (χ3n) is 3.51. The van der Waals surface area contributed by atoms with Crippen LogP contribution in [0.2, 0.25) is 0 Å². The highest BCUT2D eigenvalue weighted by atomic mass is 35.5. The highest BCUT2D eigenvalue weighted by Gasteiger charge is 2.32. The molecule has 1 heterocycles. The Kier molecular flexibility index (Phi) is 5.32. The summed E-state index contributed by atoms with van der Waals surface area (Å²) >= 11 is 0. The molecule has 1 saturated heterocycles.